The van der Waals surface area contributed by atoms with Gasteiger partial charge in [0.05, 0.1) is 28.2 Å². The Morgan fingerprint density at radius 3 is 1.46 bits per heavy atom. The first-order valence-electron chi connectivity index (χ1n) is 24.1. The van der Waals surface area contributed by atoms with Crippen molar-refractivity contribution in [2.45, 2.75) is 5.41 Å². The second-order valence-corrected chi connectivity index (χ2v) is 18.6. The maximum atomic E-state index is 5.16. The van der Waals surface area contributed by atoms with E-state index < -0.39 is 5.41 Å². The van der Waals surface area contributed by atoms with Crippen LogP contribution in [0.2, 0.25) is 0 Å². The highest BCUT2D eigenvalue weighted by Crippen LogP contribution is 2.60. The van der Waals surface area contributed by atoms with Crippen LogP contribution in [0, 0.1) is 0 Å². The van der Waals surface area contributed by atoms with Crippen molar-refractivity contribution < 1.29 is 0 Å². The monoisotopic (exact) mass is 889 g/mol. The zero-order chi connectivity index (χ0) is 45.9. The van der Waals surface area contributed by atoms with E-state index in [0.717, 1.165) is 50.8 Å². The van der Waals surface area contributed by atoms with Gasteiger partial charge in [0, 0.05) is 28.1 Å². The van der Waals surface area contributed by atoms with Crippen molar-refractivity contribution >= 4 is 57.2 Å². The third-order valence-corrected chi connectivity index (χ3v) is 15.1. The van der Waals surface area contributed by atoms with Crippen LogP contribution in [0.4, 0.5) is 34.1 Å². The van der Waals surface area contributed by atoms with E-state index in [2.05, 4.69) is 216 Å². The highest BCUT2D eigenvalue weighted by atomic mass is 15.3. The molecule has 1 aromatic heterocycles. The quantitative estimate of drug-likeness (QED) is 0.161. The number of benzene rings is 10. The second-order valence-electron chi connectivity index (χ2n) is 18.6. The molecule has 70 heavy (non-hydrogen) atoms. The van der Waals surface area contributed by atoms with E-state index in [1.165, 1.54) is 60.9 Å². The molecule has 1 atom stereocenters. The molecule has 11 aromatic rings. The highest BCUT2D eigenvalue weighted by molar-refractivity contribution is 7.00. The molecule has 0 saturated heterocycles. The van der Waals surface area contributed by atoms with Gasteiger partial charge in [0.1, 0.15) is 0 Å². The summed E-state index contributed by atoms with van der Waals surface area (Å²) < 4.78 is 0. The molecule has 4 heterocycles. The van der Waals surface area contributed by atoms with Gasteiger partial charge in [0.25, 0.3) is 0 Å². The van der Waals surface area contributed by atoms with Crippen LogP contribution in [-0.2, 0) is 5.41 Å². The largest absolute Gasteiger partial charge is 0.306 e. The Morgan fingerprint density at radius 1 is 0.300 bits per heavy atom. The fourth-order valence-electron chi connectivity index (χ4n) is 12.3. The molecule has 1 spiro atoms. The molecular formula is C64H40BN5. The second kappa shape index (κ2) is 14.9. The molecular weight excluding hydrogens is 850 g/mol. The van der Waals surface area contributed by atoms with Crippen LogP contribution in [-0.4, -0.2) is 21.7 Å². The van der Waals surface area contributed by atoms with Crippen molar-refractivity contribution in [1.29, 1.82) is 0 Å². The number of nitrogens with zero attached hydrogens (tertiary/aromatic N) is 5. The van der Waals surface area contributed by atoms with Crippen LogP contribution in [0.3, 0.4) is 0 Å². The maximum absolute atomic E-state index is 5.16. The van der Waals surface area contributed by atoms with Crippen molar-refractivity contribution in [3.8, 4) is 56.4 Å². The third-order valence-electron chi connectivity index (χ3n) is 15.1. The minimum Gasteiger partial charge on any atom is -0.306 e. The van der Waals surface area contributed by atoms with Gasteiger partial charge >= 0.3 is 0 Å². The molecule has 5 nitrogen and oxygen atoms in total. The first-order chi connectivity index (χ1) is 34.7. The Hall–Kier alpha value is -9.13. The van der Waals surface area contributed by atoms with Crippen molar-refractivity contribution in [1.82, 2.24) is 15.0 Å². The maximum Gasteiger partial charge on any atom is 0.243 e. The smallest absolute Gasteiger partial charge is 0.243 e. The number of hydrogen-bond donors (Lipinski definition) is 0. The minimum absolute atomic E-state index is 0.0244. The summed E-state index contributed by atoms with van der Waals surface area (Å²) in [6, 6.07) is 88.2. The Bertz CT molecular complexity index is 3830. The van der Waals surface area contributed by atoms with Gasteiger partial charge in [-0.05, 0) is 93.0 Å². The van der Waals surface area contributed by atoms with Gasteiger partial charge in [-0.2, -0.15) is 0 Å². The van der Waals surface area contributed by atoms with Gasteiger partial charge in [-0.3, -0.25) is 0 Å². The van der Waals surface area contributed by atoms with Crippen LogP contribution >= 0.6 is 0 Å². The molecule has 4 aliphatic rings. The Kier molecular flexibility index (Phi) is 8.31. The number of anilines is 6. The lowest BCUT2D eigenvalue weighted by molar-refractivity contribution is 0.775. The van der Waals surface area contributed by atoms with Crippen molar-refractivity contribution in [2.75, 3.05) is 9.80 Å². The molecule has 1 unspecified atom stereocenters. The minimum atomic E-state index is -0.543. The molecule has 0 bridgehead atoms. The highest BCUT2D eigenvalue weighted by Gasteiger charge is 2.55. The normalized spacial score (nSPS) is 15.1. The SMILES string of the molecule is c1ccc(-c2nc(-c3ccccc3)nc(-c3ccc4c(c3)B3c5ccccc5C5(c6ccccc6-c6cc(N7c8ccccc8N(c8ccccc8)c8ccccc87)ccc65)c5cccc-4c53)n2)cc1. The van der Waals surface area contributed by atoms with Crippen LogP contribution < -0.4 is 26.2 Å². The zero-order valence-corrected chi connectivity index (χ0v) is 37.9. The molecule has 324 valence electrons. The van der Waals surface area contributed by atoms with Crippen molar-refractivity contribution in [2.24, 2.45) is 0 Å². The van der Waals surface area contributed by atoms with Gasteiger partial charge < -0.3 is 9.80 Å². The summed E-state index contributed by atoms with van der Waals surface area (Å²) in [5.41, 5.74) is 23.5. The summed E-state index contributed by atoms with van der Waals surface area (Å²) in [5, 5.41) is 0. The third kappa shape index (κ3) is 5.41. The van der Waals surface area contributed by atoms with Gasteiger partial charge in [0.2, 0.25) is 6.71 Å². The molecule has 0 amide bonds. The molecule has 0 saturated carbocycles. The Morgan fingerprint density at radius 2 is 0.800 bits per heavy atom. The van der Waals surface area contributed by atoms with Gasteiger partial charge in [-0.1, -0.05) is 211 Å². The number of fused-ring (bicyclic) bond motifs is 14. The van der Waals surface area contributed by atoms with E-state index in [-0.39, 0.29) is 6.71 Å². The van der Waals surface area contributed by atoms with Gasteiger partial charge in [-0.25, -0.2) is 15.0 Å². The summed E-state index contributed by atoms with van der Waals surface area (Å²) in [6.07, 6.45) is 0. The number of rotatable bonds is 5. The molecule has 15 rings (SSSR count). The topological polar surface area (TPSA) is 45.2 Å². The summed E-state index contributed by atoms with van der Waals surface area (Å²) in [5.74, 6) is 1.98. The molecule has 10 aromatic carbocycles. The average molecular weight is 890 g/mol. The first-order valence-corrected chi connectivity index (χ1v) is 24.1. The summed E-state index contributed by atoms with van der Waals surface area (Å²) in [6.45, 7) is 0.0244. The van der Waals surface area contributed by atoms with Crippen molar-refractivity contribution in [3.05, 3.63) is 265 Å². The summed E-state index contributed by atoms with van der Waals surface area (Å²) >= 11 is 0. The Labute approximate surface area is 406 Å². The van der Waals surface area contributed by atoms with E-state index in [4.69, 9.17) is 15.0 Å². The van der Waals surface area contributed by atoms with E-state index in [1.807, 2.05) is 36.4 Å². The Balaban J connectivity index is 0.908. The average Bonchev–Trinajstić information content (AvgIpc) is 3.93. The molecule has 1 aliphatic carbocycles. The lowest BCUT2D eigenvalue weighted by atomic mass is 9.32. The lowest BCUT2D eigenvalue weighted by Crippen LogP contribution is -2.59. The molecule has 6 heteroatoms. The summed E-state index contributed by atoms with van der Waals surface area (Å²) in [4.78, 5) is 20.2. The van der Waals surface area contributed by atoms with Crippen LogP contribution in [0.25, 0.3) is 56.4 Å². The predicted octanol–water partition coefficient (Wildman–Crippen LogP) is 13.3. The molecule has 0 fully saturated rings. The van der Waals surface area contributed by atoms with Gasteiger partial charge in [0.15, 0.2) is 17.5 Å². The first kappa shape index (κ1) is 38.9. The van der Waals surface area contributed by atoms with Gasteiger partial charge in [-0.15, -0.1) is 0 Å². The van der Waals surface area contributed by atoms with E-state index >= 15 is 0 Å². The summed E-state index contributed by atoms with van der Waals surface area (Å²) in [7, 11) is 0. The van der Waals surface area contributed by atoms with Crippen molar-refractivity contribution in [3.63, 3.8) is 0 Å². The lowest BCUT2D eigenvalue weighted by Gasteiger charge is -2.42. The van der Waals surface area contributed by atoms with E-state index in [1.54, 1.807) is 0 Å². The predicted molar refractivity (Wildman–Crippen MR) is 286 cm³/mol. The molecule has 3 aliphatic heterocycles. The van der Waals surface area contributed by atoms with Crippen LogP contribution in [0.15, 0.2) is 243 Å². The number of hydrogen-bond acceptors (Lipinski definition) is 5. The van der Waals surface area contributed by atoms with E-state index in [0.29, 0.717) is 17.5 Å². The standard InChI is InChI=1S/C64H40BN5/c1-4-19-41(20-5-1)61-66-62(42-21-6-2-7-22-42)68-63(67-61)43-35-37-47-48-26-18-29-53-60(48)65(55(47)39-43)54-30-13-12-28-52(54)64(53)50-27-11-10-25-46(50)49-40-45(36-38-51(49)64)70-58-33-16-14-31-56(58)69(44-23-8-3-9-24-44)57-32-15-17-34-59(57)70/h1-40H. The zero-order valence-electron chi connectivity index (χ0n) is 37.9. The van der Waals surface area contributed by atoms with Crippen LogP contribution in [0.1, 0.15) is 22.3 Å². The number of aromatic nitrogens is 3. The fraction of sp³-hybridized carbons (Fsp3) is 0.0156. The van der Waals surface area contributed by atoms with Crippen LogP contribution in [0.5, 0.6) is 0 Å². The number of para-hydroxylation sites is 5. The van der Waals surface area contributed by atoms with E-state index in [9.17, 15) is 0 Å². The molecule has 0 N–H and O–H groups in total. The molecule has 0 radical (unpaired) electrons. The fourth-order valence-corrected chi connectivity index (χ4v) is 12.3.